The zero-order valence-electron chi connectivity index (χ0n) is 31.6. The highest BCUT2D eigenvalue weighted by Gasteiger charge is 2.37. The minimum absolute atomic E-state index is 0.0333. The molecule has 0 heterocycles. The number of halogens is 2. The number of alkyl halides is 2. The molecule has 15 heteroatoms. The summed E-state index contributed by atoms with van der Waals surface area (Å²) in [6.45, 7) is 6.22. The molecule has 4 atom stereocenters. The zero-order valence-corrected chi connectivity index (χ0v) is 31.6. The van der Waals surface area contributed by atoms with Crippen molar-refractivity contribution < 1.29 is 52.2 Å². The third-order valence-electron chi connectivity index (χ3n) is 9.17. The third-order valence-corrected chi connectivity index (χ3v) is 9.17. The Morgan fingerprint density at radius 1 is 0.745 bits per heavy atom. The molecule has 4 amide bonds. The van der Waals surface area contributed by atoms with Gasteiger partial charge in [-0.15, -0.1) is 0 Å². The summed E-state index contributed by atoms with van der Waals surface area (Å²) in [4.78, 5) is 91.2. The maximum atomic E-state index is 14.3. The number of benzene rings is 2. The number of rotatable bonds is 19. The number of carbonyl (C=O) groups excluding carboxylic acids is 6. The first kappa shape index (κ1) is 44.2. The zero-order chi connectivity index (χ0) is 40.7. The summed E-state index contributed by atoms with van der Waals surface area (Å²) in [7, 11) is 0. The van der Waals surface area contributed by atoms with Crippen LogP contribution in [-0.2, 0) is 38.3 Å². The average molecular weight is 771 g/mol. The van der Waals surface area contributed by atoms with Crippen LogP contribution in [0.4, 0.5) is 8.78 Å². The van der Waals surface area contributed by atoms with Crippen LogP contribution in [0.15, 0.2) is 60.7 Å². The first-order valence-corrected chi connectivity index (χ1v) is 18.5. The maximum absolute atomic E-state index is 14.3. The highest BCUT2D eigenvalue weighted by Crippen LogP contribution is 2.30. The van der Waals surface area contributed by atoms with Gasteiger partial charge in [0.05, 0.1) is 0 Å². The highest BCUT2D eigenvalue weighted by atomic mass is 19.3. The molecule has 1 aliphatic rings. The van der Waals surface area contributed by atoms with E-state index in [1.165, 1.54) is 6.92 Å². The fraction of sp³-hybridized carbons (Fsp3) is 0.525. The molecule has 1 aliphatic carbocycles. The van der Waals surface area contributed by atoms with Gasteiger partial charge in [0.15, 0.2) is 0 Å². The molecule has 0 bridgehead atoms. The summed E-state index contributed by atoms with van der Waals surface area (Å²) in [5.41, 5.74) is 0.491. The second-order valence-corrected chi connectivity index (χ2v) is 14.8. The second kappa shape index (κ2) is 21.0. The molecule has 0 saturated heterocycles. The molecule has 13 nitrogen and oxygen atoms in total. The SMILES string of the molecule is CC(=O)N[C@H](C(=O)N[C@@H](CCC(=O)OC(C)(C)C)C(=O)N[C@@H](CC1CCCCC1)C(=O)NC(CC(F)F)C(=O)C(=O)O)C(c1ccccc1)c1ccccc1. The molecule has 55 heavy (non-hydrogen) atoms. The number of Topliss-reactive ketones (excluding diaryl/α,β-unsaturated/α-hetero) is 1. The summed E-state index contributed by atoms with van der Waals surface area (Å²) in [5.74, 6) is -8.44. The van der Waals surface area contributed by atoms with Gasteiger partial charge in [0.1, 0.15) is 29.8 Å². The van der Waals surface area contributed by atoms with Crippen molar-refractivity contribution in [1.82, 2.24) is 21.3 Å². The molecule has 0 radical (unpaired) electrons. The molecule has 3 rings (SSSR count). The van der Waals surface area contributed by atoms with E-state index in [9.17, 15) is 47.4 Å². The molecule has 2 aromatic carbocycles. The van der Waals surface area contributed by atoms with Gasteiger partial charge in [0.2, 0.25) is 30.1 Å². The van der Waals surface area contributed by atoms with Crippen molar-refractivity contribution in [2.75, 3.05) is 0 Å². The molecular weight excluding hydrogens is 718 g/mol. The molecule has 5 N–H and O–H groups in total. The number of ketones is 1. The van der Waals surface area contributed by atoms with Gasteiger partial charge in [-0.3, -0.25) is 28.8 Å². The number of hydrogen-bond acceptors (Lipinski definition) is 8. The Bertz CT molecular complexity index is 1590. The van der Waals surface area contributed by atoms with Gasteiger partial charge >= 0.3 is 11.9 Å². The standard InChI is InChI=1S/C40H52F2N4O9/c1-24(47)43-34(33(26-16-10-6-11-17-26)27-18-12-7-13-19-27)38(52)44-28(20-21-32(48)55-40(2,3)4)36(50)46-30(22-25-14-8-5-9-15-25)37(51)45-29(23-31(41)42)35(49)39(53)54/h6-7,10-13,16-19,25,28-31,33-34H,5,8-9,14-15,20-23H2,1-4H3,(H,43,47)(H,44,52)(H,45,51)(H,46,50)(H,53,54)/t28-,29?,30-,34-/m0/s1. The van der Waals surface area contributed by atoms with Crippen LogP contribution in [0.5, 0.6) is 0 Å². The Balaban J connectivity index is 2.00. The monoisotopic (exact) mass is 770 g/mol. The predicted octanol–water partition coefficient (Wildman–Crippen LogP) is 4.18. The molecule has 0 aromatic heterocycles. The number of aliphatic carboxylic acids is 1. The van der Waals surface area contributed by atoms with E-state index >= 15 is 0 Å². The molecule has 1 fully saturated rings. The summed E-state index contributed by atoms with van der Waals surface area (Å²) >= 11 is 0. The molecule has 1 unspecified atom stereocenters. The summed E-state index contributed by atoms with van der Waals surface area (Å²) in [5, 5.41) is 19.3. The van der Waals surface area contributed by atoms with E-state index in [-0.39, 0.29) is 25.2 Å². The second-order valence-electron chi connectivity index (χ2n) is 14.8. The Hall–Kier alpha value is -5.21. The molecule has 2 aromatic rings. The van der Waals surface area contributed by atoms with Gasteiger partial charge in [0, 0.05) is 25.7 Å². The lowest BCUT2D eigenvalue weighted by Gasteiger charge is -2.31. The van der Waals surface area contributed by atoms with Crippen molar-refractivity contribution in [2.45, 2.75) is 128 Å². The number of carbonyl (C=O) groups is 7. The van der Waals surface area contributed by atoms with E-state index in [1.54, 1.807) is 81.4 Å². The Morgan fingerprint density at radius 3 is 1.75 bits per heavy atom. The van der Waals surface area contributed by atoms with E-state index in [1.807, 2.05) is 0 Å². The number of carboxylic acid groups (broad SMARTS) is 1. The van der Waals surface area contributed by atoms with Gasteiger partial charge in [-0.25, -0.2) is 13.6 Å². The van der Waals surface area contributed by atoms with Gasteiger partial charge in [-0.05, 0) is 50.7 Å². The summed E-state index contributed by atoms with van der Waals surface area (Å²) < 4.78 is 32.2. The third kappa shape index (κ3) is 14.9. The topological polar surface area (TPSA) is 197 Å². The Labute approximate surface area is 319 Å². The first-order chi connectivity index (χ1) is 25.9. The van der Waals surface area contributed by atoms with Gasteiger partial charge in [-0.1, -0.05) is 92.8 Å². The van der Waals surface area contributed by atoms with Crippen molar-refractivity contribution in [1.29, 1.82) is 0 Å². The minimum Gasteiger partial charge on any atom is -0.475 e. The summed E-state index contributed by atoms with van der Waals surface area (Å²) in [6, 6.07) is 11.6. The van der Waals surface area contributed by atoms with Crippen molar-refractivity contribution in [2.24, 2.45) is 5.92 Å². The fourth-order valence-electron chi connectivity index (χ4n) is 6.69. The molecule has 1 saturated carbocycles. The summed E-state index contributed by atoms with van der Waals surface area (Å²) in [6.07, 6.45) is -0.936. The molecule has 0 aliphatic heterocycles. The number of esters is 1. The minimum atomic E-state index is -3.13. The van der Waals surface area contributed by atoms with Crippen molar-refractivity contribution in [3.63, 3.8) is 0 Å². The van der Waals surface area contributed by atoms with Crippen LogP contribution in [0.1, 0.15) is 103 Å². The number of hydrogen-bond donors (Lipinski definition) is 5. The Kier molecular flexibility index (Phi) is 16.9. The van der Waals surface area contributed by atoms with Crippen molar-refractivity contribution in [3.05, 3.63) is 71.8 Å². The molecule has 0 spiro atoms. The molecular formula is C40H52F2N4O9. The van der Waals surface area contributed by atoms with Crippen LogP contribution in [0.3, 0.4) is 0 Å². The van der Waals surface area contributed by atoms with E-state index in [4.69, 9.17) is 4.74 Å². The van der Waals surface area contributed by atoms with Crippen LogP contribution in [0.25, 0.3) is 0 Å². The molecule has 300 valence electrons. The number of amides is 4. The van der Waals surface area contributed by atoms with Crippen molar-refractivity contribution >= 4 is 41.4 Å². The quantitative estimate of drug-likeness (QED) is 0.103. The maximum Gasteiger partial charge on any atom is 0.374 e. The average Bonchev–Trinajstić information content (AvgIpc) is 3.12. The van der Waals surface area contributed by atoms with E-state index in [0.717, 1.165) is 19.3 Å². The van der Waals surface area contributed by atoms with E-state index in [0.29, 0.717) is 24.0 Å². The normalized spacial score (nSPS) is 15.6. The highest BCUT2D eigenvalue weighted by molar-refractivity contribution is 6.35. The fourth-order valence-corrected chi connectivity index (χ4v) is 6.69. The van der Waals surface area contributed by atoms with E-state index < -0.39 is 89.9 Å². The van der Waals surface area contributed by atoms with Crippen molar-refractivity contribution in [3.8, 4) is 0 Å². The van der Waals surface area contributed by atoms with Crippen LogP contribution in [-0.4, -0.2) is 82.7 Å². The van der Waals surface area contributed by atoms with Crippen LogP contribution in [0, 0.1) is 5.92 Å². The lowest BCUT2D eigenvalue weighted by atomic mass is 9.84. The van der Waals surface area contributed by atoms with Gasteiger partial charge in [0.25, 0.3) is 5.78 Å². The number of ether oxygens (including phenoxy) is 1. The van der Waals surface area contributed by atoms with Crippen LogP contribution in [0.2, 0.25) is 0 Å². The number of carboxylic acids is 1. The van der Waals surface area contributed by atoms with Crippen LogP contribution >= 0.6 is 0 Å². The Morgan fingerprint density at radius 2 is 1.25 bits per heavy atom. The predicted molar refractivity (Wildman–Crippen MR) is 198 cm³/mol. The van der Waals surface area contributed by atoms with E-state index in [2.05, 4.69) is 21.3 Å². The van der Waals surface area contributed by atoms with Gasteiger partial charge in [-0.2, -0.15) is 0 Å². The number of nitrogens with one attached hydrogen (secondary N) is 4. The lowest BCUT2D eigenvalue weighted by Crippen LogP contribution is -2.59. The van der Waals surface area contributed by atoms with Gasteiger partial charge < -0.3 is 31.1 Å². The largest absolute Gasteiger partial charge is 0.475 e. The smallest absolute Gasteiger partial charge is 0.374 e. The lowest BCUT2D eigenvalue weighted by molar-refractivity contribution is -0.155. The first-order valence-electron chi connectivity index (χ1n) is 18.5. The van der Waals surface area contributed by atoms with Crippen LogP contribution < -0.4 is 21.3 Å².